The second kappa shape index (κ2) is 53.9. The number of carbonyl (C=O) groups excluding carboxylic acids is 10. The van der Waals surface area contributed by atoms with Crippen LogP contribution in [0.25, 0.3) is 0 Å². The lowest BCUT2D eigenvalue weighted by Gasteiger charge is -2.35. The normalized spacial score (nSPS) is 13.2. The summed E-state index contributed by atoms with van der Waals surface area (Å²) < 4.78 is 10.7. The Balaban J connectivity index is 6.52. The van der Waals surface area contributed by atoms with Crippen molar-refractivity contribution in [3.8, 4) is 0 Å². The van der Waals surface area contributed by atoms with E-state index in [9.17, 15) is 43.2 Å². The third-order valence-corrected chi connectivity index (χ3v) is 17.2. The van der Waals surface area contributed by atoms with Gasteiger partial charge in [-0.05, 0) is 58.3 Å². The minimum atomic E-state index is -1.35. The van der Waals surface area contributed by atoms with Gasteiger partial charge in [-0.1, -0.05) is 89.5 Å². The van der Waals surface area contributed by atoms with Crippen LogP contribution in [-0.4, -0.2) is 245 Å². The lowest BCUT2D eigenvalue weighted by atomic mass is 9.67. The molecular weight excluding hydrogens is 1220 g/mol. The van der Waals surface area contributed by atoms with Gasteiger partial charge in [0.05, 0.1) is 12.8 Å². The van der Waals surface area contributed by atoms with E-state index in [4.69, 9.17) is 20.9 Å². The zero-order valence-electron chi connectivity index (χ0n) is 60.8. The van der Waals surface area contributed by atoms with Crippen molar-refractivity contribution in [2.75, 3.05) is 177 Å². The first-order valence-electron chi connectivity index (χ1n) is 35.6. The number of nitrogens with zero attached hydrogens (tertiary/aromatic N) is 2. The monoisotopic (exact) mass is 1350 g/mol. The van der Waals surface area contributed by atoms with Crippen molar-refractivity contribution in [3.05, 3.63) is 0 Å². The van der Waals surface area contributed by atoms with Gasteiger partial charge in [-0.2, -0.15) is 0 Å². The summed E-state index contributed by atoms with van der Waals surface area (Å²) in [5.74, 6) is -7.04. The van der Waals surface area contributed by atoms with Crippen molar-refractivity contribution in [3.63, 3.8) is 0 Å². The predicted molar refractivity (Wildman–Crippen MR) is 375 cm³/mol. The number of nitrogens with one attached hydrogen (secondary N) is 11. The molecule has 0 rings (SSSR count). The number of likely N-dealkylation sites (N-methyl/N-ethyl adjacent to an activating group) is 2. The predicted octanol–water partition coefficient (Wildman–Crippen LogP) is 0.764. The first kappa shape index (κ1) is 89.9. The van der Waals surface area contributed by atoms with Crippen LogP contribution in [0.4, 0.5) is 0 Å². The van der Waals surface area contributed by atoms with Gasteiger partial charge >= 0.3 is 11.9 Å². The van der Waals surface area contributed by atoms with Gasteiger partial charge in [0.2, 0.25) is 29.5 Å². The molecule has 0 aliphatic heterocycles. The fourth-order valence-electron chi connectivity index (χ4n) is 11.0. The van der Waals surface area contributed by atoms with Gasteiger partial charge < -0.3 is 89.2 Å². The number of rotatable bonds is 63. The summed E-state index contributed by atoms with van der Waals surface area (Å²) in [6.07, 6.45) is 1.38. The Kier molecular flexibility index (Phi) is 51.0. The Hall–Kier alpha value is -5.10. The highest BCUT2D eigenvalue weighted by atomic mass is 16.5. The van der Waals surface area contributed by atoms with E-state index in [-0.39, 0.29) is 118 Å². The van der Waals surface area contributed by atoms with Crippen molar-refractivity contribution in [2.24, 2.45) is 51.4 Å². The molecule has 15 N–H and O–H groups in total. The first-order chi connectivity index (χ1) is 45.2. The quantitative estimate of drug-likeness (QED) is 0.0295. The van der Waals surface area contributed by atoms with E-state index in [0.717, 1.165) is 39.0 Å². The van der Waals surface area contributed by atoms with Crippen LogP contribution in [0.5, 0.6) is 0 Å². The van der Waals surface area contributed by atoms with Crippen LogP contribution in [-0.2, 0) is 57.4 Å². The Morgan fingerprint density at radius 1 is 0.379 bits per heavy atom. The van der Waals surface area contributed by atoms with Crippen LogP contribution in [0.3, 0.4) is 0 Å². The van der Waals surface area contributed by atoms with Crippen molar-refractivity contribution < 1.29 is 57.4 Å². The number of nitrogens with two attached hydrogens (primary N) is 2. The number of ketones is 3. The molecule has 4 atom stereocenters. The smallest absolute Gasteiger partial charge is 0.307 e. The van der Waals surface area contributed by atoms with Crippen LogP contribution in [0.1, 0.15) is 160 Å². The maximum Gasteiger partial charge on any atom is 0.307 e. The molecular formula is C68H133N15O12. The van der Waals surface area contributed by atoms with E-state index in [1.807, 2.05) is 13.8 Å². The molecule has 0 bridgehead atoms. The molecule has 4 unspecified atom stereocenters. The summed E-state index contributed by atoms with van der Waals surface area (Å²) in [6.45, 7) is 36.2. The number of amides is 5. The molecule has 0 fully saturated rings. The number of hydrogen-bond donors (Lipinski definition) is 13. The molecule has 0 saturated carbocycles. The molecule has 27 nitrogen and oxygen atoms in total. The fraction of sp³-hybridized carbons (Fsp3) is 0.853. The largest absolute Gasteiger partial charge is 0.464 e. The lowest BCUT2D eigenvalue weighted by molar-refractivity contribution is -0.144. The molecule has 0 aromatic carbocycles. The van der Waals surface area contributed by atoms with Crippen molar-refractivity contribution in [1.82, 2.24) is 68.3 Å². The highest BCUT2D eigenvalue weighted by Crippen LogP contribution is 2.40. The van der Waals surface area contributed by atoms with Crippen molar-refractivity contribution in [1.29, 1.82) is 0 Å². The summed E-state index contributed by atoms with van der Waals surface area (Å²) in [7, 11) is 0. The van der Waals surface area contributed by atoms with E-state index in [2.05, 4.69) is 96.0 Å². The van der Waals surface area contributed by atoms with Crippen LogP contribution in [0.2, 0.25) is 0 Å². The molecule has 5 amide bonds. The van der Waals surface area contributed by atoms with Gasteiger partial charge in [0.15, 0.2) is 0 Å². The number of Topliss-reactive ketones (excluding diaryl/α,β-unsaturated/α-hetero) is 3. The molecule has 552 valence electrons. The summed E-state index contributed by atoms with van der Waals surface area (Å²) in [4.78, 5) is 142. The number of hydrogen-bond acceptors (Lipinski definition) is 22. The number of ether oxygens (including phenoxy) is 2. The van der Waals surface area contributed by atoms with Gasteiger partial charge in [-0.3, -0.25) is 47.9 Å². The topological polar surface area (TPSA) is 380 Å². The average molecular weight is 1350 g/mol. The third kappa shape index (κ3) is 43.0. The number of unbranched alkanes of at least 4 members (excludes halogenated alkanes) is 1. The highest BCUT2D eigenvalue weighted by Gasteiger charge is 2.44. The second-order valence-corrected chi connectivity index (χ2v) is 26.5. The molecule has 0 radical (unpaired) electrons. The maximum absolute atomic E-state index is 15.3. The van der Waals surface area contributed by atoms with E-state index in [1.165, 1.54) is 0 Å². The first-order valence-corrected chi connectivity index (χ1v) is 35.6. The van der Waals surface area contributed by atoms with Crippen LogP contribution < -0.4 is 70.0 Å². The Morgan fingerprint density at radius 2 is 0.705 bits per heavy atom. The molecule has 0 aromatic rings. The van der Waals surface area contributed by atoms with Gasteiger partial charge in [-0.25, -0.2) is 0 Å². The summed E-state index contributed by atoms with van der Waals surface area (Å²) >= 11 is 0. The second-order valence-electron chi connectivity index (χ2n) is 26.5. The average Bonchev–Trinajstić information content (AvgIpc) is 0.816. The Labute approximate surface area is 570 Å². The number of carbonyl (C=O) groups is 10. The maximum atomic E-state index is 15.3. The minimum Gasteiger partial charge on any atom is -0.464 e. The molecule has 0 spiro atoms. The minimum absolute atomic E-state index is 0.00138. The molecule has 0 aliphatic carbocycles. The van der Waals surface area contributed by atoms with Crippen LogP contribution >= 0.6 is 0 Å². The zero-order valence-corrected chi connectivity index (χ0v) is 60.8. The number of esters is 2. The summed E-state index contributed by atoms with van der Waals surface area (Å²) in [6, 6.07) is 0. The van der Waals surface area contributed by atoms with Gasteiger partial charge in [0.1, 0.15) is 30.6 Å². The SMILES string of the molecule is CCCCNC(=O)C(CC(=O)NCCNCCN)CC(C)(C)C(=O)CC(CC(C)(C)C(=O)C(CC(=O)NCCNCCNCCC(=O)OCCN(CC)CC)CC(C)(C)C(=O)CC(CC)C(=O)NCCNCCNCCC(=O)OCCN(CC)CC)C(=O)NCCNCCN. The summed E-state index contributed by atoms with van der Waals surface area (Å²) in [5, 5.41) is 33.8. The molecule has 95 heavy (non-hydrogen) atoms. The van der Waals surface area contributed by atoms with E-state index >= 15 is 4.79 Å². The Morgan fingerprint density at radius 3 is 1.11 bits per heavy atom. The fourth-order valence-corrected chi connectivity index (χ4v) is 11.0. The Bertz CT molecular complexity index is 2180. The van der Waals surface area contributed by atoms with E-state index in [1.54, 1.807) is 41.5 Å². The zero-order chi connectivity index (χ0) is 71.5. The van der Waals surface area contributed by atoms with Gasteiger partial charge in [0.25, 0.3) is 0 Å². The van der Waals surface area contributed by atoms with Crippen LogP contribution in [0.15, 0.2) is 0 Å². The van der Waals surface area contributed by atoms with Gasteiger partial charge in [0, 0.05) is 203 Å². The highest BCUT2D eigenvalue weighted by molar-refractivity contribution is 5.95. The van der Waals surface area contributed by atoms with Crippen molar-refractivity contribution in [2.45, 2.75) is 160 Å². The van der Waals surface area contributed by atoms with Crippen LogP contribution in [0, 0.1) is 39.9 Å². The molecule has 0 saturated heterocycles. The molecule has 27 heteroatoms. The molecule has 0 heterocycles. The standard InChI is InChI=1S/C68H133N15O12/c1-13-19-24-79-65(93)55(48-59(87)78-37-33-73-27-22-69)50-67(9,10)57(85)46-54(64(92)81-39-35-74-28-23-70)51-68(11,12)62(90)53(47-58(86)77-38-34-75-31-29-71-25-20-60(88)94-43-41-82(15-3)16-4)49-66(7,8)56(84)45-52(14-2)63(91)80-40-36-76-32-30-72-26-21-61(89)95-44-42-83(17-5)18-6/h52-55,71-76H,13-51,69-70H2,1-12H3,(H,77,86)(H,78,87)(H,79,93)(H,80,91)(H,81,92). The van der Waals surface area contributed by atoms with Gasteiger partial charge in [-0.15, -0.1) is 0 Å². The molecule has 0 aromatic heterocycles. The van der Waals surface area contributed by atoms with Crippen molar-refractivity contribution >= 4 is 58.8 Å². The summed E-state index contributed by atoms with van der Waals surface area (Å²) in [5.41, 5.74) is 7.50. The third-order valence-electron chi connectivity index (χ3n) is 17.2. The van der Waals surface area contributed by atoms with E-state index < -0.39 is 51.7 Å². The lowest BCUT2D eigenvalue weighted by Crippen LogP contribution is -2.44. The molecule has 0 aliphatic rings. The van der Waals surface area contributed by atoms with E-state index in [0.29, 0.717) is 144 Å².